The smallest absolute Gasteiger partial charge is 0.168 e. The fourth-order valence-corrected chi connectivity index (χ4v) is 2.90. The molecular weight excluding hydrogens is 304 g/mol. The van der Waals surface area contributed by atoms with Crippen molar-refractivity contribution >= 4 is 34.6 Å². The van der Waals surface area contributed by atoms with Gasteiger partial charge in [-0.2, -0.15) is 0 Å². The molecule has 0 aliphatic heterocycles. The Kier molecular flexibility index (Phi) is 4.77. The van der Waals surface area contributed by atoms with Crippen LogP contribution in [0, 0.1) is 11.6 Å². The fourth-order valence-electron chi connectivity index (χ4n) is 1.76. The third-order valence-electron chi connectivity index (χ3n) is 2.64. The summed E-state index contributed by atoms with van der Waals surface area (Å²) in [7, 11) is 1.70. The molecule has 20 heavy (non-hydrogen) atoms. The molecule has 0 amide bonds. The van der Waals surface area contributed by atoms with Gasteiger partial charge in [-0.1, -0.05) is 11.6 Å². The van der Waals surface area contributed by atoms with Crippen LogP contribution in [-0.2, 0) is 6.54 Å². The van der Waals surface area contributed by atoms with E-state index in [4.69, 9.17) is 11.6 Å². The molecule has 0 aliphatic rings. The molecule has 0 bridgehead atoms. The molecule has 2 aromatic heterocycles. The summed E-state index contributed by atoms with van der Waals surface area (Å²) in [5.74, 6) is -1.22. The maximum absolute atomic E-state index is 13.8. The number of aromatic nitrogens is 1. The summed E-state index contributed by atoms with van der Waals surface area (Å²) in [5.41, 5.74) is 0. The standard InChI is InChI=1S/C13H14ClF2N3S/c1-3-17-12-9(15)6-10(16)13(18-12)19(2)7-8-4-5-11(14)20-8/h4-6H,3,7H2,1-2H3,(H,17,18). The Morgan fingerprint density at radius 3 is 2.70 bits per heavy atom. The van der Waals surface area contributed by atoms with Gasteiger partial charge < -0.3 is 10.2 Å². The van der Waals surface area contributed by atoms with Crippen LogP contribution in [0.3, 0.4) is 0 Å². The number of nitrogens with zero attached hydrogens (tertiary/aromatic N) is 2. The molecule has 0 radical (unpaired) electrons. The predicted molar refractivity (Wildman–Crippen MR) is 79.8 cm³/mol. The minimum atomic E-state index is -0.694. The fraction of sp³-hybridized carbons (Fsp3) is 0.308. The molecule has 2 heterocycles. The van der Waals surface area contributed by atoms with Crippen molar-refractivity contribution in [2.45, 2.75) is 13.5 Å². The number of hydrogen-bond acceptors (Lipinski definition) is 4. The monoisotopic (exact) mass is 317 g/mol. The number of rotatable bonds is 5. The summed E-state index contributed by atoms with van der Waals surface area (Å²) < 4.78 is 28.0. The normalized spacial score (nSPS) is 10.7. The van der Waals surface area contributed by atoms with Crippen molar-refractivity contribution < 1.29 is 8.78 Å². The van der Waals surface area contributed by atoms with Gasteiger partial charge in [0.05, 0.1) is 10.9 Å². The van der Waals surface area contributed by atoms with Crippen LogP contribution in [0.15, 0.2) is 18.2 Å². The SMILES string of the molecule is CCNc1nc(N(C)Cc2ccc(Cl)s2)c(F)cc1F. The summed E-state index contributed by atoms with van der Waals surface area (Å²) in [6, 6.07) is 4.50. The van der Waals surface area contributed by atoms with Crippen LogP contribution < -0.4 is 10.2 Å². The number of pyridine rings is 1. The van der Waals surface area contributed by atoms with Crippen LogP contribution in [0.25, 0.3) is 0 Å². The predicted octanol–water partition coefficient (Wildman–Crippen LogP) is 4.14. The lowest BCUT2D eigenvalue weighted by atomic mass is 10.3. The third-order valence-corrected chi connectivity index (χ3v) is 3.85. The number of halogens is 3. The Labute approximate surface area is 125 Å². The van der Waals surface area contributed by atoms with Crippen LogP contribution in [0.4, 0.5) is 20.4 Å². The third kappa shape index (κ3) is 3.37. The van der Waals surface area contributed by atoms with Gasteiger partial charge in [-0.15, -0.1) is 11.3 Å². The second-order valence-electron chi connectivity index (χ2n) is 4.22. The quantitative estimate of drug-likeness (QED) is 0.898. The number of anilines is 2. The molecule has 2 rings (SSSR count). The molecule has 0 atom stereocenters. The van der Waals surface area contributed by atoms with Gasteiger partial charge in [0.25, 0.3) is 0 Å². The van der Waals surface area contributed by atoms with E-state index in [2.05, 4.69) is 10.3 Å². The number of hydrogen-bond donors (Lipinski definition) is 1. The van der Waals surface area contributed by atoms with Gasteiger partial charge >= 0.3 is 0 Å². The molecule has 108 valence electrons. The second-order valence-corrected chi connectivity index (χ2v) is 6.02. The molecule has 0 aliphatic carbocycles. The van der Waals surface area contributed by atoms with Crippen LogP contribution in [0.2, 0.25) is 4.34 Å². The molecule has 2 aromatic rings. The van der Waals surface area contributed by atoms with Crippen LogP contribution in [0.5, 0.6) is 0 Å². The Morgan fingerprint density at radius 1 is 1.35 bits per heavy atom. The van der Waals surface area contributed by atoms with Gasteiger partial charge in [-0.05, 0) is 19.1 Å². The van der Waals surface area contributed by atoms with E-state index < -0.39 is 11.6 Å². The van der Waals surface area contributed by atoms with Crippen molar-refractivity contribution in [2.75, 3.05) is 23.8 Å². The summed E-state index contributed by atoms with van der Waals surface area (Å²) in [4.78, 5) is 6.60. The highest BCUT2D eigenvalue weighted by Crippen LogP contribution is 2.26. The van der Waals surface area contributed by atoms with E-state index in [1.54, 1.807) is 18.0 Å². The zero-order valence-electron chi connectivity index (χ0n) is 11.1. The Morgan fingerprint density at radius 2 is 2.10 bits per heavy atom. The first-order valence-electron chi connectivity index (χ1n) is 6.06. The molecule has 0 aromatic carbocycles. The molecule has 7 heteroatoms. The Bertz CT molecular complexity index is 603. The topological polar surface area (TPSA) is 28.2 Å². The maximum Gasteiger partial charge on any atom is 0.168 e. The molecule has 0 saturated carbocycles. The summed E-state index contributed by atoms with van der Waals surface area (Å²) in [6.07, 6.45) is 0. The van der Waals surface area contributed by atoms with Gasteiger partial charge in [0.1, 0.15) is 0 Å². The van der Waals surface area contributed by atoms with E-state index in [-0.39, 0.29) is 11.6 Å². The Hall–Kier alpha value is -1.40. The van der Waals surface area contributed by atoms with Crippen molar-refractivity contribution in [3.63, 3.8) is 0 Å². The molecule has 1 N–H and O–H groups in total. The molecular formula is C13H14ClF2N3S. The van der Waals surface area contributed by atoms with E-state index in [0.717, 1.165) is 10.9 Å². The molecule has 0 spiro atoms. The van der Waals surface area contributed by atoms with Crippen molar-refractivity contribution in [3.8, 4) is 0 Å². The van der Waals surface area contributed by atoms with E-state index in [0.29, 0.717) is 17.4 Å². The van der Waals surface area contributed by atoms with E-state index in [1.165, 1.54) is 11.3 Å². The molecule has 0 unspecified atom stereocenters. The average Bonchev–Trinajstić information content (AvgIpc) is 2.78. The van der Waals surface area contributed by atoms with E-state index in [1.807, 2.05) is 13.0 Å². The highest BCUT2D eigenvalue weighted by Gasteiger charge is 2.15. The van der Waals surface area contributed by atoms with Crippen LogP contribution >= 0.6 is 22.9 Å². The van der Waals surface area contributed by atoms with Crippen molar-refractivity contribution in [2.24, 2.45) is 0 Å². The van der Waals surface area contributed by atoms with E-state index >= 15 is 0 Å². The van der Waals surface area contributed by atoms with Crippen molar-refractivity contribution in [1.82, 2.24) is 4.98 Å². The first kappa shape index (κ1) is 15.0. The average molecular weight is 318 g/mol. The van der Waals surface area contributed by atoms with Crippen molar-refractivity contribution in [3.05, 3.63) is 39.0 Å². The second kappa shape index (κ2) is 6.37. The lowest BCUT2D eigenvalue weighted by molar-refractivity contribution is 0.572. The largest absolute Gasteiger partial charge is 0.368 e. The number of nitrogens with one attached hydrogen (secondary N) is 1. The minimum Gasteiger partial charge on any atom is -0.368 e. The molecule has 3 nitrogen and oxygen atoms in total. The maximum atomic E-state index is 13.8. The Balaban J connectivity index is 2.24. The summed E-state index contributed by atoms with van der Waals surface area (Å²) in [5, 5.41) is 2.77. The van der Waals surface area contributed by atoms with Gasteiger partial charge in [-0.25, -0.2) is 13.8 Å². The summed E-state index contributed by atoms with van der Waals surface area (Å²) >= 11 is 7.28. The number of thiophene rings is 1. The van der Waals surface area contributed by atoms with Crippen LogP contribution in [-0.4, -0.2) is 18.6 Å². The first-order valence-corrected chi connectivity index (χ1v) is 7.26. The first-order chi connectivity index (χ1) is 9.51. The van der Waals surface area contributed by atoms with Crippen LogP contribution in [0.1, 0.15) is 11.8 Å². The van der Waals surface area contributed by atoms with E-state index in [9.17, 15) is 8.78 Å². The lowest BCUT2D eigenvalue weighted by Crippen LogP contribution is -2.19. The van der Waals surface area contributed by atoms with Gasteiger partial charge in [-0.3, -0.25) is 0 Å². The van der Waals surface area contributed by atoms with Gasteiger partial charge in [0, 0.05) is 24.5 Å². The molecule has 0 saturated heterocycles. The summed E-state index contributed by atoms with van der Waals surface area (Å²) in [6.45, 7) is 2.79. The van der Waals surface area contributed by atoms with Gasteiger partial charge in [0.15, 0.2) is 23.3 Å². The minimum absolute atomic E-state index is 0.0555. The molecule has 0 fully saturated rings. The zero-order chi connectivity index (χ0) is 14.7. The van der Waals surface area contributed by atoms with Gasteiger partial charge in [0.2, 0.25) is 0 Å². The zero-order valence-corrected chi connectivity index (χ0v) is 12.7. The van der Waals surface area contributed by atoms with Crippen molar-refractivity contribution in [1.29, 1.82) is 0 Å². The lowest BCUT2D eigenvalue weighted by Gasteiger charge is -2.19. The highest BCUT2D eigenvalue weighted by molar-refractivity contribution is 7.16. The highest BCUT2D eigenvalue weighted by atomic mass is 35.5.